The number of nitrogens with zero attached hydrogens (tertiary/aromatic N) is 1. The Kier molecular flexibility index (Phi) is 5.26. The molecule has 3 nitrogen and oxygen atoms in total. The van der Waals surface area contributed by atoms with Crippen molar-refractivity contribution in [3.8, 4) is 0 Å². The van der Waals surface area contributed by atoms with E-state index in [1.807, 2.05) is 6.07 Å². The van der Waals surface area contributed by atoms with Crippen molar-refractivity contribution in [3.05, 3.63) is 70.9 Å². The Hall–Kier alpha value is -1.82. The van der Waals surface area contributed by atoms with Gasteiger partial charge in [-0.1, -0.05) is 64.6 Å². The molecule has 0 radical (unpaired) electrons. The van der Waals surface area contributed by atoms with E-state index in [-0.39, 0.29) is 18.0 Å². The largest absolute Gasteiger partial charge is 0.356 e. The van der Waals surface area contributed by atoms with Crippen LogP contribution in [-0.2, 0) is 11.2 Å². The molecule has 0 aliphatic heterocycles. The zero-order chi connectivity index (χ0) is 19.0. The van der Waals surface area contributed by atoms with Gasteiger partial charge in [-0.25, -0.2) is 0 Å². The summed E-state index contributed by atoms with van der Waals surface area (Å²) in [6, 6.07) is 17.1. The molecule has 3 aromatic rings. The predicted octanol–water partition coefficient (Wildman–Crippen LogP) is 5.88. The van der Waals surface area contributed by atoms with E-state index in [1.165, 1.54) is 33.3 Å². The van der Waals surface area contributed by atoms with E-state index in [1.54, 1.807) is 0 Å². The molecule has 0 fully saturated rings. The molecule has 0 spiro atoms. The van der Waals surface area contributed by atoms with Crippen LogP contribution in [0, 0.1) is 6.92 Å². The zero-order valence-corrected chi connectivity index (χ0v) is 18.0. The monoisotopic (exact) mass is 472 g/mol. The summed E-state index contributed by atoms with van der Waals surface area (Å²) in [6.45, 7) is 4.29. The zero-order valence-electron chi connectivity index (χ0n) is 15.8. The summed E-state index contributed by atoms with van der Waals surface area (Å²) in [7, 11) is 0. The Morgan fingerprint density at radius 2 is 2.04 bits per heavy atom. The molecule has 1 amide bonds. The number of alkyl halides is 1. The maximum absolute atomic E-state index is 13.0. The fourth-order valence-corrected chi connectivity index (χ4v) is 4.85. The van der Waals surface area contributed by atoms with E-state index in [4.69, 9.17) is 0 Å². The number of carbonyl (C=O) groups excluding carboxylic acids is 1. The minimum atomic E-state index is 0.0533. The first-order valence-corrected chi connectivity index (χ1v) is 11.2. The molecule has 0 saturated carbocycles. The molecule has 2 aromatic carbocycles. The molecule has 1 aliphatic carbocycles. The molecule has 2 atom stereocenters. The fourth-order valence-electron chi connectivity index (χ4n) is 4.45. The van der Waals surface area contributed by atoms with Crippen LogP contribution in [0.4, 0.5) is 0 Å². The van der Waals surface area contributed by atoms with Crippen LogP contribution in [0.15, 0.2) is 48.5 Å². The molecule has 140 valence electrons. The van der Waals surface area contributed by atoms with Gasteiger partial charge in [0.05, 0.1) is 16.5 Å². The standard InChI is InChI=1S/C23H25IN2O/c1-15-11-12-20-19(13-15)18-9-6-10-21(23(18)25-20)26(22(27)14-24)16(2)17-7-4-3-5-8-17/h3-5,7-8,11-13,16,21,25H,6,9-10,14H2,1-2H3/t16-,21-/m0/s1. The van der Waals surface area contributed by atoms with Gasteiger partial charge in [-0.05, 0) is 56.4 Å². The summed E-state index contributed by atoms with van der Waals surface area (Å²) >= 11 is 2.19. The fraction of sp³-hybridized carbons (Fsp3) is 0.348. The van der Waals surface area contributed by atoms with E-state index in [2.05, 4.69) is 88.8 Å². The van der Waals surface area contributed by atoms with Crippen LogP contribution in [-0.4, -0.2) is 20.2 Å². The van der Waals surface area contributed by atoms with Gasteiger partial charge in [-0.15, -0.1) is 0 Å². The van der Waals surface area contributed by atoms with Crippen molar-refractivity contribution in [2.24, 2.45) is 0 Å². The van der Waals surface area contributed by atoms with Crippen LogP contribution in [0.1, 0.15) is 54.2 Å². The summed E-state index contributed by atoms with van der Waals surface area (Å²) in [4.78, 5) is 18.8. The Labute approximate surface area is 174 Å². The normalized spacial score (nSPS) is 17.5. The number of benzene rings is 2. The van der Waals surface area contributed by atoms with Crippen LogP contribution in [0.25, 0.3) is 10.9 Å². The molecule has 0 unspecified atom stereocenters. The van der Waals surface area contributed by atoms with Crippen LogP contribution in [0.5, 0.6) is 0 Å². The second-order valence-corrected chi connectivity index (χ2v) is 8.26. The van der Waals surface area contributed by atoms with Gasteiger partial charge in [0.1, 0.15) is 0 Å². The number of rotatable bonds is 4. The van der Waals surface area contributed by atoms with Gasteiger partial charge in [0.2, 0.25) is 5.91 Å². The SMILES string of the molecule is Cc1ccc2[nH]c3c(c2c1)CCC[C@@H]3N(C(=O)CI)[C@@H](C)c1ccccc1. The minimum Gasteiger partial charge on any atom is -0.356 e. The van der Waals surface area contributed by atoms with Gasteiger partial charge in [0.15, 0.2) is 0 Å². The number of fused-ring (bicyclic) bond motifs is 3. The number of hydrogen-bond acceptors (Lipinski definition) is 1. The second-order valence-electron chi connectivity index (χ2n) is 7.50. The van der Waals surface area contributed by atoms with Gasteiger partial charge in [-0.3, -0.25) is 4.79 Å². The Morgan fingerprint density at radius 1 is 1.26 bits per heavy atom. The lowest BCUT2D eigenvalue weighted by atomic mass is 9.89. The molecule has 1 aromatic heterocycles. The highest BCUT2D eigenvalue weighted by molar-refractivity contribution is 14.1. The molecule has 0 bridgehead atoms. The summed E-state index contributed by atoms with van der Waals surface area (Å²) in [5, 5.41) is 1.32. The minimum absolute atomic E-state index is 0.0533. The Morgan fingerprint density at radius 3 is 2.78 bits per heavy atom. The lowest BCUT2D eigenvalue weighted by Crippen LogP contribution is -2.39. The first-order chi connectivity index (χ1) is 13.1. The number of aromatic nitrogens is 1. The van der Waals surface area contributed by atoms with E-state index < -0.39 is 0 Å². The van der Waals surface area contributed by atoms with E-state index in [0.717, 1.165) is 19.3 Å². The number of halogens is 1. The van der Waals surface area contributed by atoms with Gasteiger partial charge in [0, 0.05) is 16.6 Å². The first-order valence-electron chi connectivity index (χ1n) is 9.63. The molecule has 1 N–H and O–H groups in total. The maximum atomic E-state index is 13.0. The number of aromatic amines is 1. The Balaban J connectivity index is 1.80. The average molecular weight is 472 g/mol. The van der Waals surface area contributed by atoms with Gasteiger partial charge in [-0.2, -0.15) is 0 Å². The van der Waals surface area contributed by atoms with Gasteiger partial charge in [0.25, 0.3) is 0 Å². The lowest BCUT2D eigenvalue weighted by Gasteiger charge is -2.38. The average Bonchev–Trinajstić information content (AvgIpc) is 3.07. The van der Waals surface area contributed by atoms with E-state index in [9.17, 15) is 4.79 Å². The first kappa shape index (κ1) is 18.5. The third kappa shape index (κ3) is 3.40. The molecule has 0 saturated heterocycles. The topological polar surface area (TPSA) is 36.1 Å². The second kappa shape index (κ2) is 7.66. The van der Waals surface area contributed by atoms with Crippen molar-refractivity contribution >= 4 is 39.4 Å². The maximum Gasteiger partial charge on any atom is 0.233 e. The molecule has 4 rings (SSSR count). The van der Waals surface area contributed by atoms with Crippen molar-refractivity contribution in [1.82, 2.24) is 9.88 Å². The number of H-pyrrole nitrogens is 1. The van der Waals surface area contributed by atoms with Crippen molar-refractivity contribution in [2.45, 2.75) is 45.2 Å². The number of carbonyl (C=O) groups is 1. The number of nitrogens with one attached hydrogen (secondary N) is 1. The van der Waals surface area contributed by atoms with Crippen molar-refractivity contribution in [2.75, 3.05) is 4.43 Å². The van der Waals surface area contributed by atoms with Crippen LogP contribution >= 0.6 is 22.6 Å². The quantitative estimate of drug-likeness (QED) is 0.374. The third-order valence-electron chi connectivity index (χ3n) is 5.77. The summed E-state index contributed by atoms with van der Waals surface area (Å²) < 4.78 is 0.500. The number of amides is 1. The molecule has 27 heavy (non-hydrogen) atoms. The number of aryl methyl sites for hydroxylation is 2. The van der Waals surface area contributed by atoms with E-state index in [0.29, 0.717) is 4.43 Å². The van der Waals surface area contributed by atoms with Crippen molar-refractivity contribution in [3.63, 3.8) is 0 Å². The molecular weight excluding hydrogens is 447 g/mol. The van der Waals surface area contributed by atoms with Crippen molar-refractivity contribution in [1.29, 1.82) is 0 Å². The molecular formula is C23H25IN2O. The highest BCUT2D eigenvalue weighted by atomic mass is 127. The smallest absolute Gasteiger partial charge is 0.233 e. The van der Waals surface area contributed by atoms with Crippen molar-refractivity contribution < 1.29 is 4.79 Å². The molecule has 1 aliphatic rings. The van der Waals surface area contributed by atoms with Crippen LogP contribution in [0.3, 0.4) is 0 Å². The Bertz CT molecular complexity index is 963. The predicted molar refractivity (Wildman–Crippen MR) is 119 cm³/mol. The van der Waals surface area contributed by atoms with Gasteiger partial charge < -0.3 is 9.88 Å². The number of hydrogen-bond donors (Lipinski definition) is 1. The summed E-state index contributed by atoms with van der Waals surface area (Å²) in [5.41, 5.74) is 6.30. The van der Waals surface area contributed by atoms with E-state index >= 15 is 0 Å². The van der Waals surface area contributed by atoms with Crippen LogP contribution < -0.4 is 0 Å². The summed E-state index contributed by atoms with van der Waals surface area (Å²) in [5.74, 6) is 0.208. The van der Waals surface area contributed by atoms with Gasteiger partial charge >= 0.3 is 0 Å². The summed E-state index contributed by atoms with van der Waals surface area (Å²) in [6.07, 6.45) is 3.21. The molecule has 1 heterocycles. The lowest BCUT2D eigenvalue weighted by molar-refractivity contribution is -0.133. The highest BCUT2D eigenvalue weighted by Gasteiger charge is 2.34. The van der Waals surface area contributed by atoms with Crippen LogP contribution in [0.2, 0.25) is 0 Å². The molecule has 4 heteroatoms. The third-order valence-corrected chi connectivity index (χ3v) is 6.42. The highest BCUT2D eigenvalue weighted by Crippen LogP contribution is 2.41.